The average molecular weight is 571 g/mol. The molecule has 3 aromatic rings. The Kier molecular flexibility index (Phi) is 9.32. The van der Waals surface area contributed by atoms with Crippen LogP contribution in [0.25, 0.3) is 0 Å². The van der Waals surface area contributed by atoms with E-state index in [2.05, 4.69) is 16.7 Å². The van der Waals surface area contributed by atoms with E-state index in [1.165, 1.54) is 0 Å². The molecule has 0 aliphatic heterocycles. The van der Waals surface area contributed by atoms with Crippen LogP contribution in [0, 0.1) is 17.2 Å². The highest BCUT2D eigenvalue weighted by Crippen LogP contribution is 2.34. The first-order valence-corrected chi connectivity index (χ1v) is 13.7. The van der Waals surface area contributed by atoms with Crippen molar-refractivity contribution in [3.8, 4) is 29.1 Å². The Bertz CT molecular complexity index is 1460. The number of nitrogens with one attached hydrogen (secondary N) is 2. The van der Waals surface area contributed by atoms with Crippen LogP contribution in [-0.4, -0.2) is 29.6 Å². The molecule has 0 unspecified atom stereocenters. The van der Waals surface area contributed by atoms with Gasteiger partial charge in [-0.2, -0.15) is 5.26 Å². The maximum Gasteiger partial charge on any atom is 0.407 e. The van der Waals surface area contributed by atoms with Gasteiger partial charge in [-0.15, -0.1) is 0 Å². The zero-order valence-corrected chi connectivity index (χ0v) is 23.8. The molecule has 4 rings (SSSR count). The predicted molar refractivity (Wildman–Crippen MR) is 156 cm³/mol. The van der Waals surface area contributed by atoms with Crippen molar-refractivity contribution in [2.75, 3.05) is 5.32 Å². The van der Waals surface area contributed by atoms with Crippen LogP contribution in [0.2, 0.25) is 0 Å². The molecule has 1 aliphatic rings. The number of hydrogen-bond acceptors (Lipinski definition) is 7. The van der Waals surface area contributed by atoms with E-state index in [0.717, 1.165) is 0 Å². The number of ether oxygens (including phenoxy) is 3. The number of alkyl carbamates (subject to hydrolysis) is 1. The number of primary amides is 1. The molecule has 10 nitrogen and oxygen atoms in total. The van der Waals surface area contributed by atoms with E-state index in [-0.39, 0.29) is 17.9 Å². The smallest absolute Gasteiger partial charge is 0.407 e. The van der Waals surface area contributed by atoms with E-state index in [0.29, 0.717) is 65.5 Å². The van der Waals surface area contributed by atoms with Crippen LogP contribution >= 0.6 is 0 Å². The molecule has 4 N–H and O–H groups in total. The molecule has 218 valence electrons. The highest BCUT2D eigenvalue weighted by Gasteiger charge is 2.28. The summed E-state index contributed by atoms with van der Waals surface area (Å²) in [5, 5.41) is 14.9. The topological polar surface area (TPSA) is 153 Å². The molecule has 0 bridgehead atoms. The van der Waals surface area contributed by atoms with Gasteiger partial charge in [-0.1, -0.05) is 0 Å². The summed E-state index contributed by atoms with van der Waals surface area (Å²) in [7, 11) is 0. The fraction of sp³-hybridized carbons (Fsp3) is 0.312. The zero-order chi connectivity index (χ0) is 30.3. The predicted octanol–water partition coefficient (Wildman–Crippen LogP) is 6.26. The van der Waals surface area contributed by atoms with Crippen molar-refractivity contribution in [1.29, 1.82) is 5.26 Å². The number of nitrogens with zero attached hydrogens (tertiary/aromatic N) is 1. The van der Waals surface area contributed by atoms with Crippen LogP contribution < -0.4 is 25.8 Å². The van der Waals surface area contributed by atoms with Gasteiger partial charge in [0.05, 0.1) is 11.6 Å². The Hall–Kier alpha value is -5.04. The van der Waals surface area contributed by atoms with Crippen molar-refractivity contribution in [2.24, 2.45) is 11.7 Å². The van der Waals surface area contributed by atoms with Crippen LogP contribution in [0.4, 0.5) is 10.5 Å². The lowest BCUT2D eigenvalue weighted by Crippen LogP contribution is -2.42. The van der Waals surface area contributed by atoms with Crippen molar-refractivity contribution in [2.45, 2.75) is 58.1 Å². The van der Waals surface area contributed by atoms with E-state index in [9.17, 15) is 14.4 Å². The number of hydrogen-bond donors (Lipinski definition) is 3. The number of benzene rings is 3. The van der Waals surface area contributed by atoms with Gasteiger partial charge in [0.2, 0.25) is 11.8 Å². The Balaban J connectivity index is 1.46. The van der Waals surface area contributed by atoms with E-state index < -0.39 is 17.6 Å². The third-order valence-electron chi connectivity index (χ3n) is 6.56. The molecule has 42 heavy (non-hydrogen) atoms. The quantitative estimate of drug-likeness (QED) is 0.289. The third-order valence-corrected chi connectivity index (χ3v) is 6.56. The first kappa shape index (κ1) is 29.9. The van der Waals surface area contributed by atoms with Crippen LogP contribution in [-0.2, 0) is 9.53 Å². The first-order chi connectivity index (χ1) is 20.0. The number of carbonyl (C=O) groups excluding carboxylic acids is 3. The second kappa shape index (κ2) is 13.1. The minimum Gasteiger partial charge on any atom is -0.457 e. The minimum absolute atomic E-state index is 0.0472. The minimum atomic E-state index is -0.574. The Morgan fingerprint density at radius 2 is 1.38 bits per heavy atom. The second-order valence-electron chi connectivity index (χ2n) is 11.1. The lowest BCUT2D eigenvalue weighted by Gasteiger charge is -2.29. The highest BCUT2D eigenvalue weighted by molar-refractivity contribution is 5.93. The monoisotopic (exact) mass is 570 g/mol. The number of nitrogens with two attached hydrogens (primary N) is 1. The third kappa shape index (κ3) is 8.73. The molecule has 0 radical (unpaired) electrons. The molecule has 0 saturated heterocycles. The Morgan fingerprint density at radius 1 is 0.833 bits per heavy atom. The van der Waals surface area contributed by atoms with Crippen molar-refractivity contribution in [3.63, 3.8) is 0 Å². The fourth-order valence-electron chi connectivity index (χ4n) is 4.54. The van der Waals surface area contributed by atoms with Gasteiger partial charge in [-0.05, 0) is 95.0 Å². The average Bonchev–Trinajstić information content (AvgIpc) is 2.93. The number of rotatable bonds is 8. The van der Waals surface area contributed by atoms with Gasteiger partial charge < -0.3 is 30.6 Å². The van der Waals surface area contributed by atoms with E-state index >= 15 is 0 Å². The maximum atomic E-state index is 13.2. The Labute approximate surface area is 244 Å². The normalized spacial score (nSPS) is 16.4. The van der Waals surface area contributed by atoms with Gasteiger partial charge in [-0.3, -0.25) is 9.59 Å². The molecule has 10 heteroatoms. The summed E-state index contributed by atoms with van der Waals surface area (Å²) in [6.45, 7) is 5.44. The number of nitriles is 1. The molecule has 1 aliphatic carbocycles. The number of carbonyl (C=O) groups is 3. The van der Waals surface area contributed by atoms with E-state index in [1.54, 1.807) is 66.7 Å². The molecule has 3 amide bonds. The largest absolute Gasteiger partial charge is 0.457 e. The SMILES string of the molecule is CC(C)(C)OC(=O)N[C@H]1CC[C@H](C(=O)Nc2cc(Oc3ccc(C#N)cc3)cc(Oc3ccc(C(N)=O)cc3)c2)CC1. The lowest BCUT2D eigenvalue weighted by molar-refractivity contribution is -0.120. The standard InChI is InChI=1S/C32H34N4O6/c1-32(2,3)42-31(39)36-23-10-6-22(7-11-23)30(38)35-24-16-27(40-25-12-4-20(19-33)5-13-25)18-28(17-24)41-26-14-8-21(9-15-26)29(34)37/h4-5,8-9,12-18,22-23H,6-7,10-11H2,1-3H3,(H2,34,37)(H,35,38)(H,36,39)/t22-,23-. The van der Waals surface area contributed by atoms with Crippen molar-refractivity contribution in [3.05, 3.63) is 77.9 Å². The van der Waals surface area contributed by atoms with E-state index in [1.807, 2.05) is 20.8 Å². The maximum absolute atomic E-state index is 13.2. The molecule has 0 spiro atoms. The summed E-state index contributed by atoms with van der Waals surface area (Å²) < 4.78 is 17.3. The Morgan fingerprint density at radius 3 is 1.88 bits per heavy atom. The van der Waals surface area contributed by atoms with Crippen LogP contribution in [0.5, 0.6) is 23.0 Å². The molecule has 0 atom stereocenters. The van der Waals surface area contributed by atoms with Gasteiger partial charge in [-0.25, -0.2) is 4.79 Å². The van der Waals surface area contributed by atoms with Crippen LogP contribution in [0.3, 0.4) is 0 Å². The van der Waals surface area contributed by atoms with E-state index in [4.69, 9.17) is 25.2 Å². The summed E-state index contributed by atoms with van der Waals surface area (Å²) in [5.74, 6) is 0.862. The van der Waals surface area contributed by atoms with Gasteiger partial charge in [0.1, 0.15) is 28.6 Å². The van der Waals surface area contributed by atoms with Crippen LogP contribution in [0.1, 0.15) is 62.4 Å². The zero-order valence-electron chi connectivity index (χ0n) is 23.8. The van der Waals surface area contributed by atoms with Gasteiger partial charge in [0.25, 0.3) is 0 Å². The van der Waals surface area contributed by atoms with Gasteiger partial charge in [0.15, 0.2) is 0 Å². The number of anilines is 1. The molecule has 1 fully saturated rings. The molecular weight excluding hydrogens is 536 g/mol. The van der Waals surface area contributed by atoms with Crippen LogP contribution in [0.15, 0.2) is 66.7 Å². The molecule has 0 heterocycles. The molecule has 3 aromatic carbocycles. The highest BCUT2D eigenvalue weighted by atomic mass is 16.6. The number of amides is 3. The first-order valence-electron chi connectivity index (χ1n) is 13.7. The molecule has 0 aromatic heterocycles. The fourth-order valence-corrected chi connectivity index (χ4v) is 4.54. The molecule has 1 saturated carbocycles. The van der Waals surface area contributed by atoms with Crippen molar-refractivity contribution >= 4 is 23.6 Å². The van der Waals surface area contributed by atoms with Crippen molar-refractivity contribution in [1.82, 2.24) is 5.32 Å². The molecular formula is C32H34N4O6. The summed E-state index contributed by atoms with van der Waals surface area (Å²) in [4.78, 5) is 36.7. The van der Waals surface area contributed by atoms with Crippen molar-refractivity contribution < 1.29 is 28.6 Å². The van der Waals surface area contributed by atoms with Gasteiger partial charge in [0, 0.05) is 41.4 Å². The second-order valence-corrected chi connectivity index (χ2v) is 11.1. The summed E-state index contributed by atoms with van der Waals surface area (Å²) >= 11 is 0. The summed E-state index contributed by atoms with van der Waals surface area (Å²) in [6.07, 6.45) is 2.10. The summed E-state index contributed by atoms with van der Waals surface area (Å²) in [6, 6.07) is 20.1. The van der Waals surface area contributed by atoms with Gasteiger partial charge >= 0.3 is 6.09 Å². The lowest BCUT2D eigenvalue weighted by atomic mass is 9.85. The summed E-state index contributed by atoms with van der Waals surface area (Å²) in [5.41, 5.74) is 6.08.